The summed E-state index contributed by atoms with van der Waals surface area (Å²) in [5.74, 6) is 1.09. The van der Waals surface area contributed by atoms with Crippen LogP contribution in [-0.4, -0.2) is 65.1 Å². The molecule has 8 heteroatoms. The van der Waals surface area contributed by atoms with Crippen LogP contribution in [0.1, 0.15) is 27.8 Å². The van der Waals surface area contributed by atoms with Crippen molar-refractivity contribution in [1.82, 2.24) is 19.8 Å². The zero-order valence-corrected chi connectivity index (χ0v) is 17.2. The molecular formula is C22H25N5O3. The summed E-state index contributed by atoms with van der Waals surface area (Å²) in [6.07, 6.45) is 0. The number of rotatable bonds is 4. The van der Waals surface area contributed by atoms with E-state index in [-0.39, 0.29) is 11.9 Å². The molecule has 0 saturated carbocycles. The zero-order valence-electron chi connectivity index (χ0n) is 17.2. The Balaban J connectivity index is 1.44. The molecule has 0 bridgehead atoms. The van der Waals surface area contributed by atoms with Crippen molar-refractivity contribution in [1.29, 1.82) is 0 Å². The highest BCUT2D eigenvalue weighted by atomic mass is 16.5. The van der Waals surface area contributed by atoms with Crippen molar-refractivity contribution in [2.24, 2.45) is 0 Å². The standard InChI is InChI=1S/C22H25N5O3/c1-15-12-16(2)27(23-15)18-13-26(14-18)22(28)19-20(17-6-4-3-5-7-17)30-24-21(19)25-8-10-29-11-9-25/h3-7,12,18H,8-11,13-14H2,1-2H3. The summed E-state index contributed by atoms with van der Waals surface area (Å²) in [6.45, 7) is 7.91. The van der Waals surface area contributed by atoms with Gasteiger partial charge in [-0.3, -0.25) is 9.48 Å². The van der Waals surface area contributed by atoms with E-state index in [0.717, 1.165) is 17.0 Å². The van der Waals surface area contributed by atoms with E-state index in [1.165, 1.54) is 0 Å². The summed E-state index contributed by atoms with van der Waals surface area (Å²) < 4.78 is 13.2. The fourth-order valence-corrected chi connectivity index (χ4v) is 4.20. The van der Waals surface area contributed by atoms with Gasteiger partial charge in [-0.05, 0) is 19.9 Å². The van der Waals surface area contributed by atoms with Gasteiger partial charge in [0.15, 0.2) is 11.6 Å². The van der Waals surface area contributed by atoms with Crippen molar-refractivity contribution < 1.29 is 14.1 Å². The predicted molar refractivity (Wildman–Crippen MR) is 112 cm³/mol. The summed E-state index contributed by atoms with van der Waals surface area (Å²) >= 11 is 0. The number of aromatic nitrogens is 3. The first-order chi connectivity index (χ1) is 14.6. The highest BCUT2D eigenvalue weighted by molar-refractivity contribution is 6.04. The monoisotopic (exact) mass is 407 g/mol. The van der Waals surface area contributed by atoms with Crippen LogP contribution in [0.25, 0.3) is 11.3 Å². The molecule has 2 aliphatic rings. The lowest BCUT2D eigenvalue weighted by Crippen LogP contribution is -2.51. The summed E-state index contributed by atoms with van der Waals surface area (Å²) in [6, 6.07) is 12.0. The minimum absolute atomic E-state index is 0.0469. The van der Waals surface area contributed by atoms with Crippen molar-refractivity contribution in [3.8, 4) is 11.3 Å². The third-order valence-electron chi connectivity index (χ3n) is 5.77. The quantitative estimate of drug-likeness (QED) is 0.662. The van der Waals surface area contributed by atoms with Gasteiger partial charge in [-0.25, -0.2) is 0 Å². The molecule has 0 atom stereocenters. The van der Waals surface area contributed by atoms with Crippen molar-refractivity contribution >= 4 is 11.7 Å². The van der Waals surface area contributed by atoms with E-state index >= 15 is 0 Å². The molecule has 0 spiro atoms. The van der Waals surface area contributed by atoms with Crippen LogP contribution in [0.2, 0.25) is 0 Å². The van der Waals surface area contributed by atoms with Crippen molar-refractivity contribution in [2.75, 3.05) is 44.3 Å². The molecule has 1 aromatic carbocycles. The maximum atomic E-state index is 13.6. The SMILES string of the molecule is Cc1cc(C)n(C2CN(C(=O)c3c(N4CCOCC4)noc3-c3ccccc3)C2)n1. The minimum atomic E-state index is -0.0469. The maximum Gasteiger partial charge on any atom is 0.261 e. The number of hydrogen-bond donors (Lipinski definition) is 0. The maximum absolute atomic E-state index is 13.6. The molecule has 2 fully saturated rings. The number of likely N-dealkylation sites (tertiary alicyclic amines) is 1. The second-order valence-electron chi connectivity index (χ2n) is 7.91. The minimum Gasteiger partial charge on any atom is -0.378 e. The van der Waals surface area contributed by atoms with E-state index in [2.05, 4.69) is 28.1 Å². The van der Waals surface area contributed by atoms with Gasteiger partial charge in [0.1, 0.15) is 5.56 Å². The number of benzene rings is 1. The number of anilines is 1. The van der Waals surface area contributed by atoms with E-state index in [0.29, 0.717) is 56.5 Å². The van der Waals surface area contributed by atoms with Crippen LogP contribution in [0.3, 0.4) is 0 Å². The molecule has 30 heavy (non-hydrogen) atoms. The number of nitrogens with zero attached hydrogens (tertiary/aromatic N) is 5. The van der Waals surface area contributed by atoms with Crippen molar-refractivity contribution in [3.63, 3.8) is 0 Å². The van der Waals surface area contributed by atoms with Gasteiger partial charge < -0.3 is 19.1 Å². The largest absolute Gasteiger partial charge is 0.378 e. The van der Waals surface area contributed by atoms with Gasteiger partial charge in [0.25, 0.3) is 5.91 Å². The topological polar surface area (TPSA) is 76.6 Å². The molecule has 1 amide bonds. The molecule has 156 valence electrons. The Labute approximate surface area is 175 Å². The first-order valence-corrected chi connectivity index (χ1v) is 10.3. The smallest absolute Gasteiger partial charge is 0.261 e. The summed E-state index contributed by atoms with van der Waals surface area (Å²) in [4.78, 5) is 17.5. The van der Waals surface area contributed by atoms with Gasteiger partial charge in [-0.15, -0.1) is 0 Å². The third-order valence-corrected chi connectivity index (χ3v) is 5.77. The normalized spacial score (nSPS) is 17.3. The fraction of sp³-hybridized carbons (Fsp3) is 0.409. The molecule has 2 aliphatic heterocycles. The van der Waals surface area contributed by atoms with Crippen molar-refractivity contribution in [3.05, 3.63) is 53.3 Å². The van der Waals surface area contributed by atoms with Crippen LogP contribution in [0.4, 0.5) is 5.82 Å². The number of carbonyl (C=O) groups excluding carboxylic acids is 1. The summed E-state index contributed by atoms with van der Waals surface area (Å²) in [5.41, 5.74) is 3.50. The molecule has 8 nitrogen and oxygen atoms in total. The van der Waals surface area contributed by atoms with Crippen molar-refractivity contribution in [2.45, 2.75) is 19.9 Å². The van der Waals surface area contributed by atoms with E-state index in [1.807, 2.05) is 46.8 Å². The fourth-order valence-electron chi connectivity index (χ4n) is 4.20. The van der Waals surface area contributed by atoms with Crippen LogP contribution >= 0.6 is 0 Å². The Morgan fingerprint density at radius 3 is 2.50 bits per heavy atom. The molecule has 0 aliphatic carbocycles. The van der Waals surface area contributed by atoms with Gasteiger partial charge >= 0.3 is 0 Å². The van der Waals surface area contributed by atoms with Crippen LogP contribution in [0.5, 0.6) is 0 Å². The molecule has 0 radical (unpaired) electrons. The van der Waals surface area contributed by atoms with Crippen LogP contribution in [0, 0.1) is 13.8 Å². The summed E-state index contributed by atoms with van der Waals surface area (Å²) in [5, 5.41) is 8.87. The molecular weight excluding hydrogens is 382 g/mol. The van der Waals surface area contributed by atoms with Gasteiger partial charge in [0.05, 0.1) is 24.9 Å². The first-order valence-electron chi connectivity index (χ1n) is 10.3. The Morgan fingerprint density at radius 1 is 1.10 bits per heavy atom. The Hall–Kier alpha value is -3.13. The Bertz CT molecular complexity index is 1050. The molecule has 2 aromatic heterocycles. The number of amides is 1. The third kappa shape index (κ3) is 3.27. The number of carbonyl (C=O) groups is 1. The predicted octanol–water partition coefficient (Wildman–Crippen LogP) is 2.69. The number of hydrogen-bond acceptors (Lipinski definition) is 6. The highest BCUT2D eigenvalue weighted by Gasteiger charge is 2.38. The second kappa shape index (κ2) is 7.60. The van der Waals surface area contributed by atoms with Crippen LogP contribution < -0.4 is 4.90 Å². The molecule has 0 unspecified atom stereocenters. The van der Waals surface area contributed by atoms with E-state index in [4.69, 9.17) is 9.26 Å². The van der Waals surface area contributed by atoms with Gasteiger partial charge in [0.2, 0.25) is 0 Å². The first kappa shape index (κ1) is 18.9. The highest BCUT2D eigenvalue weighted by Crippen LogP contribution is 2.35. The molecule has 3 aromatic rings. The Kier molecular flexibility index (Phi) is 4.78. The van der Waals surface area contributed by atoms with Gasteiger partial charge in [-0.1, -0.05) is 35.5 Å². The molecule has 2 saturated heterocycles. The lowest BCUT2D eigenvalue weighted by Gasteiger charge is -2.40. The average Bonchev–Trinajstić information content (AvgIpc) is 3.31. The lowest BCUT2D eigenvalue weighted by atomic mass is 10.0. The lowest BCUT2D eigenvalue weighted by molar-refractivity contribution is 0.0498. The average molecular weight is 407 g/mol. The van der Waals surface area contributed by atoms with Crippen LogP contribution in [-0.2, 0) is 4.74 Å². The number of ether oxygens (including phenoxy) is 1. The number of aryl methyl sites for hydroxylation is 2. The summed E-state index contributed by atoms with van der Waals surface area (Å²) in [7, 11) is 0. The van der Waals surface area contributed by atoms with E-state index in [1.54, 1.807) is 0 Å². The Morgan fingerprint density at radius 2 is 1.83 bits per heavy atom. The van der Waals surface area contributed by atoms with Crippen LogP contribution in [0.15, 0.2) is 40.9 Å². The van der Waals surface area contributed by atoms with Gasteiger partial charge in [-0.2, -0.15) is 5.10 Å². The molecule has 4 heterocycles. The second-order valence-corrected chi connectivity index (χ2v) is 7.91. The molecule has 0 N–H and O–H groups in total. The molecule has 5 rings (SSSR count). The van der Waals surface area contributed by atoms with E-state index < -0.39 is 0 Å². The zero-order chi connectivity index (χ0) is 20.7. The number of morpholine rings is 1. The van der Waals surface area contributed by atoms with E-state index in [9.17, 15) is 4.79 Å². The van der Waals surface area contributed by atoms with Gasteiger partial charge in [0, 0.05) is 37.4 Å².